The van der Waals surface area contributed by atoms with Gasteiger partial charge in [0, 0.05) is 0 Å². The Morgan fingerprint density at radius 2 is 2.00 bits per heavy atom. The highest BCUT2D eigenvalue weighted by Crippen LogP contribution is 2.26. The van der Waals surface area contributed by atoms with Crippen LogP contribution < -0.4 is 9.47 Å². The maximum Gasteiger partial charge on any atom is 0.346 e. The molecule has 0 saturated heterocycles. The van der Waals surface area contributed by atoms with Crippen molar-refractivity contribution in [3.8, 4) is 11.9 Å². The van der Waals surface area contributed by atoms with E-state index in [-0.39, 0.29) is 28.7 Å². The summed E-state index contributed by atoms with van der Waals surface area (Å²) in [6, 6.07) is 0.108. The molecule has 0 N–H and O–H groups in total. The van der Waals surface area contributed by atoms with Crippen LogP contribution in [0, 0.1) is 0 Å². The molecule has 0 saturated carbocycles. The highest BCUT2D eigenvalue weighted by Gasteiger charge is 2.21. The van der Waals surface area contributed by atoms with Crippen LogP contribution in [-0.4, -0.2) is 36.8 Å². The Hall–Kier alpha value is -1.37. The number of ether oxygens (including phenoxy) is 3. The van der Waals surface area contributed by atoms with Crippen molar-refractivity contribution in [2.24, 2.45) is 0 Å². The van der Waals surface area contributed by atoms with E-state index < -0.39 is 5.97 Å². The molecule has 0 aliphatic heterocycles. The van der Waals surface area contributed by atoms with Gasteiger partial charge in [-0.3, -0.25) is 0 Å². The quantitative estimate of drug-likeness (QED) is 0.617. The molecule has 0 atom stereocenters. The third-order valence-corrected chi connectivity index (χ3v) is 2.24. The Labute approximate surface area is 101 Å². The van der Waals surface area contributed by atoms with Gasteiger partial charge in [0.25, 0.3) is 0 Å². The topological polar surface area (TPSA) is 70.5 Å². The summed E-state index contributed by atoms with van der Waals surface area (Å²) in [5.74, 6) is -0.439. The van der Waals surface area contributed by atoms with Gasteiger partial charge in [-0.15, -0.1) is 0 Å². The third kappa shape index (κ3) is 2.60. The maximum absolute atomic E-state index is 11.6. The molecule has 0 fully saturated rings. The molecule has 1 aromatic rings. The number of esters is 1. The smallest absolute Gasteiger partial charge is 0.346 e. The molecule has 0 bridgehead atoms. The largest absolute Gasteiger partial charge is 0.480 e. The zero-order chi connectivity index (χ0) is 12.1. The van der Waals surface area contributed by atoms with Crippen LogP contribution in [0.5, 0.6) is 11.9 Å². The van der Waals surface area contributed by atoms with E-state index in [2.05, 4.69) is 25.9 Å². The Balaban J connectivity index is 3.21. The van der Waals surface area contributed by atoms with E-state index in [0.717, 1.165) is 0 Å². The van der Waals surface area contributed by atoms with Crippen molar-refractivity contribution in [1.29, 1.82) is 0 Å². The standard InChI is InChI=1S/C9H11BrN2O4/c1-4-16-8(13)5-6(10)11-9(15-3)12-7(5)14-2/h4H2,1-3H3. The second-order valence-corrected chi connectivity index (χ2v) is 3.36. The van der Waals surface area contributed by atoms with Crippen LogP contribution in [0.3, 0.4) is 0 Å². The summed E-state index contributed by atoms with van der Waals surface area (Å²) < 4.78 is 14.9. The Morgan fingerprint density at radius 1 is 1.31 bits per heavy atom. The van der Waals surface area contributed by atoms with Crippen molar-refractivity contribution in [2.45, 2.75) is 6.92 Å². The average molecular weight is 291 g/mol. The summed E-state index contributed by atoms with van der Waals surface area (Å²) in [5, 5.41) is 0. The minimum Gasteiger partial charge on any atom is -0.480 e. The van der Waals surface area contributed by atoms with Crippen LogP contribution in [0.25, 0.3) is 0 Å². The van der Waals surface area contributed by atoms with Crippen LogP contribution in [0.1, 0.15) is 17.3 Å². The molecule has 16 heavy (non-hydrogen) atoms. The highest BCUT2D eigenvalue weighted by atomic mass is 79.9. The lowest BCUT2D eigenvalue weighted by molar-refractivity contribution is 0.0519. The average Bonchev–Trinajstić information content (AvgIpc) is 2.27. The van der Waals surface area contributed by atoms with Crippen molar-refractivity contribution in [3.05, 3.63) is 10.2 Å². The monoisotopic (exact) mass is 290 g/mol. The van der Waals surface area contributed by atoms with Crippen molar-refractivity contribution >= 4 is 21.9 Å². The van der Waals surface area contributed by atoms with Crippen molar-refractivity contribution in [1.82, 2.24) is 9.97 Å². The zero-order valence-corrected chi connectivity index (χ0v) is 10.7. The maximum atomic E-state index is 11.6. The third-order valence-electron chi connectivity index (χ3n) is 1.67. The molecule has 0 unspecified atom stereocenters. The molecule has 1 rings (SSSR count). The summed E-state index contributed by atoms with van der Waals surface area (Å²) in [7, 11) is 2.82. The molecule has 88 valence electrons. The first kappa shape index (κ1) is 12.7. The molecule has 0 radical (unpaired) electrons. The van der Waals surface area contributed by atoms with E-state index >= 15 is 0 Å². The molecule has 0 aliphatic rings. The van der Waals surface area contributed by atoms with Crippen LogP contribution in [0.15, 0.2) is 4.60 Å². The predicted octanol–water partition coefficient (Wildman–Crippen LogP) is 1.43. The summed E-state index contributed by atoms with van der Waals surface area (Å²) >= 11 is 3.14. The van der Waals surface area contributed by atoms with E-state index in [1.807, 2.05) is 0 Å². The Bertz CT molecular complexity index is 397. The lowest BCUT2D eigenvalue weighted by Crippen LogP contribution is -2.11. The first-order valence-corrected chi connectivity index (χ1v) is 5.26. The summed E-state index contributed by atoms with van der Waals surface area (Å²) in [4.78, 5) is 19.4. The van der Waals surface area contributed by atoms with Gasteiger partial charge >= 0.3 is 12.0 Å². The predicted molar refractivity (Wildman–Crippen MR) is 58.8 cm³/mol. The minimum atomic E-state index is -0.547. The molecular weight excluding hydrogens is 280 g/mol. The molecular formula is C9H11BrN2O4. The molecule has 0 aliphatic carbocycles. The van der Waals surface area contributed by atoms with Gasteiger partial charge in [-0.2, -0.15) is 9.97 Å². The van der Waals surface area contributed by atoms with Crippen molar-refractivity contribution in [3.63, 3.8) is 0 Å². The number of aromatic nitrogens is 2. The molecule has 6 nitrogen and oxygen atoms in total. The van der Waals surface area contributed by atoms with Crippen LogP contribution >= 0.6 is 15.9 Å². The second kappa shape index (κ2) is 5.64. The number of hydrogen-bond acceptors (Lipinski definition) is 6. The minimum absolute atomic E-state index is 0.108. The van der Waals surface area contributed by atoms with Gasteiger partial charge in [-0.1, -0.05) is 0 Å². The molecule has 1 aromatic heterocycles. The van der Waals surface area contributed by atoms with Gasteiger partial charge in [0.1, 0.15) is 4.60 Å². The Morgan fingerprint density at radius 3 is 2.50 bits per heavy atom. The fourth-order valence-electron chi connectivity index (χ4n) is 1.01. The van der Waals surface area contributed by atoms with Gasteiger partial charge in [0.2, 0.25) is 5.88 Å². The number of halogens is 1. The first-order valence-electron chi connectivity index (χ1n) is 4.46. The van der Waals surface area contributed by atoms with Crippen molar-refractivity contribution < 1.29 is 19.0 Å². The number of methoxy groups -OCH3 is 2. The number of rotatable bonds is 4. The van der Waals surface area contributed by atoms with Crippen LogP contribution in [-0.2, 0) is 4.74 Å². The summed E-state index contributed by atoms with van der Waals surface area (Å²) in [6.07, 6.45) is 0. The SMILES string of the molecule is CCOC(=O)c1c(Br)nc(OC)nc1OC. The lowest BCUT2D eigenvalue weighted by atomic mass is 10.3. The number of nitrogens with zero attached hydrogens (tertiary/aromatic N) is 2. The Kier molecular flexibility index (Phi) is 4.48. The highest BCUT2D eigenvalue weighted by molar-refractivity contribution is 9.10. The lowest BCUT2D eigenvalue weighted by Gasteiger charge is -2.09. The van der Waals surface area contributed by atoms with E-state index in [1.165, 1.54) is 14.2 Å². The summed E-state index contributed by atoms with van der Waals surface area (Å²) in [5.41, 5.74) is 0.144. The number of carbonyl (C=O) groups is 1. The number of hydrogen-bond donors (Lipinski definition) is 0. The second-order valence-electron chi connectivity index (χ2n) is 2.61. The van der Waals surface area contributed by atoms with Gasteiger partial charge in [0.05, 0.1) is 20.8 Å². The van der Waals surface area contributed by atoms with E-state index in [9.17, 15) is 4.79 Å². The summed E-state index contributed by atoms with van der Waals surface area (Å²) in [6.45, 7) is 1.98. The fraction of sp³-hybridized carbons (Fsp3) is 0.444. The first-order chi connectivity index (χ1) is 7.63. The normalized spacial score (nSPS) is 9.75. The molecule has 0 aromatic carbocycles. The molecule has 0 spiro atoms. The number of carbonyl (C=O) groups excluding carboxylic acids is 1. The van der Waals surface area contributed by atoms with Crippen LogP contribution in [0.4, 0.5) is 0 Å². The van der Waals surface area contributed by atoms with E-state index in [0.29, 0.717) is 0 Å². The van der Waals surface area contributed by atoms with Gasteiger partial charge in [0.15, 0.2) is 5.56 Å². The molecule has 7 heteroatoms. The zero-order valence-electron chi connectivity index (χ0n) is 9.11. The molecule has 1 heterocycles. The van der Waals surface area contributed by atoms with E-state index in [1.54, 1.807) is 6.92 Å². The van der Waals surface area contributed by atoms with Gasteiger partial charge < -0.3 is 14.2 Å². The van der Waals surface area contributed by atoms with Gasteiger partial charge in [-0.05, 0) is 22.9 Å². The van der Waals surface area contributed by atoms with Crippen molar-refractivity contribution in [2.75, 3.05) is 20.8 Å². The van der Waals surface area contributed by atoms with E-state index in [4.69, 9.17) is 14.2 Å². The fourth-order valence-corrected chi connectivity index (χ4v) is 1.49. The van der Waals surface area contributed by atoms with Gasteiger partial charge in [-0.25, -0.2) is 4.79 Å². The van der Waals surface area contributed by atoms with Crippen LogP contribution in [0.2, 0.25) is 0 Å². The molecule has 0 amide bonds.